The molecule has 1 heteroatoms. The largest absolute Gasteiger partial charge is 3.00 e. The Hall–Kier alpha value is -0.521. The molecule has 0 aliphatic heterocycles. The van der Waals surface area contributed by atoms with Crippen molar-refractivity contribution in [2.24, 2.45) is 17.8 Å². The third-order valence-corrected chi connectivity index (χ3v) is 4.90. The first-order chi connectivity index (χ1) is 9.90. The Bertz CT molecular complexity index is 315. The van der Waals surface area contributed by atoms with Gasteiger partial charge in [0.2, 0.25) is 0 Å². The average molecular weight is 321 g/mol. The second-order valence-corrected chi connectivity index (χ2v) is 6.67. The van der Waals surface area contributed by atoms with E-state index in [0.717, 1.165) is 30.6 Å². The maximum atomic E-state index is 2.99. The van der Waals surface area contributed by atoms with Gasteiger partial charge in [-0.3, -0.25) is 12.2 Å². The van der Waals surface area contributed by atoms with Gasteiger partial charge in [0, 0.05) is 0 Å². The smallest absolute Gasteiger partial charge is 0.313 e. The normalized spacial score (nSPS) is 33.2. The first-order valence-corrected chi connectivity index (χ1v) is 8.17. The van der Waals surface area contributed by atoms with Gasteiger partial charge >= 0.3 is 17.1 Å². The van der Waals surface area contributed by atoms with Crippen LogP contribution in [0.4, 0.5) is 0 Å². The van der Waals surface area contributed by atoms with Crippen LogP contribution >= 0.6 is 0 Å². The van der Waals surface area contributed by atoms with Crippen LogP contribution in [-0.2, 0) is 17.1 Å². The van der Waals surface area contributed by atoms with Crippen LogP contribution in [0.3, 0.4) is 0 Å². The maximum absolute atomic E-state index is 2.99. The van der Waals surface area contributed by atoms with Gasteiger partial charge < -0.3 is 5.92 Å². The molecule has 21 heavy (non-hydrogen) atoms. The number of rotatable bonds is 0. The van der Waals surface area contributed by atoms with E-state index in [4.69, 9.17) is 0 Å². The summed E-state index contributed by atoms with van der Waals surface area (Å²) in [6.45, 7) is 0. The molecule has 0 spiro atoms. The predicted molar refractivity (Wildman–Crippen MR) is 84.6 cm³/mol. The molecule has 0 aromatic heterocycles. The minimum Gasteiger partial charge on any atom is -0.313 e. The fourth-order valence-corrected chi connectivity index (χ4v) is 4.36. The van der Waals surface area contributed by atoms with Crippen LogP contribution < -0.4 is 0 Å². The first-order valence-electron chi connectivity index (χ1n) is 8.17. The van der Waals surface area contributed by atoms with Crippen LogP contribution in [0.25, 0.3) is 0 Å². The number of hydrogen-bond acceptors (Lipinski definition) is 0. The molecule has 0 N–H and O–H groups in total. The summed E-state index contributed by atoms with van der Waals surface area (Å²) in [5, 5.41) is 0. The fraction of sp³-hybridized carbons (Fsp3) is 0.550. The Morgan fingerprint density at radius 2 is 1.14 bits per heavy atom. The van der Waals surface area contributed by atoms with E-state index in [-0.39, 0.29) is 17.1 Å². The summed E-state index contributed by atoms with van der Waals surface area (Å²) < 4.78 is 0. The van der Waals surface area contributed by atoms with Crippen molar-refractivity contribution in [1.82, 2.24) is 0 Å². The third-order valence-electron chi connectivity index (χ3n) is 4.90. The zero-order valence-electron chi connectivity index (χ0n) is 12.7. The molecule has 0 unspecified atom stereocenters. The van der Waals surface area contributed by atoms with Crippen LogP contribution in [0, 0.1) is 35.8 Å². The number of allylic oxidation sites excluding steroid dienone is 8. The molecule has 4 bridgehead atoms. The van der Waals surface area contributed by atoms with Gasteiger partial charge in [0.25, 0.3) is 0 Å². The molecule has 0 heterocycles. The van der Waals surface area contributed by atoms with Gasteiger partial charge in [-0.05, 0) is 0 Å². The quantitative estimate of drug-likeness (QED) is 0.414. The van der Waals surface area contributed by atoms with Crippen molar-refractivity contribution in [3.05, 3.63) is 54.5 Å². The summed E-state index contributed by atoms with van der Waals surface area (Å²) >= 11 is 0. The molecule has 6 rings (SSSR count). The molecule has 6 aliphatic rings. The molecule has 4 saturated carbocycles. The third kappa shape index (κ3) is 5.31. The van der Waals surface area contributed by atoms with E-state index < -0.39 is 0 Å². The van der Waals surface area contributed by atoms with Gasteiger partial charge in [-0.2, -0.15) is 31.4 Å². The van der Waals surface area contributed by atoms with Crippen molar-refractivity contribution in [1.29, 1.82) is 0 Å². The molecule has 0 aromatic rings. The number of hydrogen-bond donors (Lipinski definition) is 0. The molecule has 0 aromatic carbocycles. The Kier molecular flexibility index (Phi) is 7.07. The summed E-state index contributed by atoms with van der Waals surface area (Å²) in [5.74, 6) is 5.35. The van der Waals surface area contributed by atoms with Crippen molar-refractivity contribution in [3.63, 3.8) is 0 Å². The summed E-state index contributed by atoms with van der Waals surface area (Å²) in [4.78, 5) is 0. The van der Waals surface area contributed by atoms with E-state index in [1.807, 2.05) is 30.2 Å². The molecule has 0 amide bonds. The molecule has 0 nitrogen and oxygen atoms in total. The minimum absolute atomic E-state index is 0. The van der Waals surface area contributed by atoms with E-state index in [2.05, 4.69) is 24.3 Å². The second kappa shape index (κ2) is 8.81. The molecular formula is C20H25Fe. The van der Waals surface area contributed by atoms with E-state index in [1.54, 1.807) is 19.3 Å². The zero-order chi connectivity index (χ0) is 13.6. The van der Waals surface area contributed by atoms with Gasteiger partial charge in [-0.1, -0.05) is 37.0 Å². The van der Waals surface area contributed by atoms with Gasteiger partial charge in [0.15, 0.2) is 0 Å². The van der Waals surface area contributed by atoms with Crippen molar-refractivity contribution < 1.29 is 17.1 Å². The van der Waals surface area contributed by atoms with Crippen LogP contribution in [0.5, 0.6) is 0 Å². The molecular weight excluding hydrogens is 296 g/mol. The Balaban J connectivity index is 0.000000126. The van der Waals surface area contributed by atoms with Gasteiger partial charge in [-0.25, -0.2) is 24.3 Å². The molecule has 113 valence electrons. The predicted octanol–water partition coefficient (Wildman–Crippen LogP) is 5.40. The van der Waals surface area contributed by atoms with Gasteiger partial charge in [0.05, 0.1) is 0 Å². The SMILES string of the molecule is C1[C-]2CC3CC1CC(C2)C3.[C-]1=CC=CC1.[C-]1=CC=CC1.[Fe+3]. The fourth-order valence-electron chi connectivity index (χ4n) is 4.36. The van der Waals surface area contributed by atoms with Crippen LogP contribution in [0.1, 0.15) is 51.4 Å². The van der Waals surface area contributed by atoms with Crippen molar-refractivity contribution in [2.45, 2.75) is 51.4 Å². The average Bonchev–Trinajstić information content (AvgIpc) is 3.17. The minimum atomic E-state index is 0. The van der Waals surface area contributed by atoms with Crippen LogP contribution in [-0.4, -0.2) is 0 Å². The van der Waals surface area contributed by atoms with Crippen LogP contribution in [0.15, 0.2) is 36.5 Å². The molecule has 4 fully saturated rings. The molecule has 0 atom stereocenters. The second-order valence-electron chi connectivity index (χ2n) is 6.67. The van der Waals surface area contributed by atoms with Gasteiger partial charge in [0.1, 0.15) is 0 Å². The molecule has 0 saturated heterocycles. The van der Waals surface area contributed by atoms with E-state index >= 15 is 0 Å². The standard InChI is InChI=1S/C10H15.2C5H5.Fe/c1-7-2-9-4-8(1)5-10(3-7)6-9;2*1-2-4-5-3-1;/h7-9H,1-6H2;2*1-3H,4H2;/q3*-1;+3. The zero-order valence-corrected chi connectivity index (χ0v) is 13.8. The summed E-state index contributed by atoms with van der Waals surface area (Å²) in [5.41, 5.74) is 0. The Morgan fingerprint density at radius 3 is 1.33 bits per heavy atom. The van der Waals surface area contributed by atoms with Crippen LogP contribution in [0.2, 0.25) is 0 Å². The van der Waals surface area contributed by atoms with E-state index in [0.29, 0.717) is 0 Å². The van der Waals surface area contributed by atoms with E-state index in [9.17, 15) is 0 Å². The van der Waals surface area contributed by atoms with Gasteiger partial charge in [-0.15, -0.1) is 12.8 Å². The summed E-state index contributed by atoms with van der Waals surface area (Å²) in [7, 11) is 0. The monoisotopic (exact) mass is 321 g/mol. The van der Waals surface area contributed by atoms with E-state index in [1.165, 1.54) is 19.3 Å². The Morgan fingerprint density at radius 1 is 0.714 bits per heavy atom. The van der Waals surface area contributed by atoms with Crippen molar-refractivity contribution >= 4 is 0 Å². The maximum Gasteiger partial charge on any atom is 3.00 e. The van der Waals surface area contributed by atoms with Crippen molar-refractivity contribution in [2.75, 3.05) is 0 Å². The summed E-state index contributed by atoms with van der Waals surface area (Å²) in [6, 6.07) is 0. The summed E-state index contributed by atoms with van der Waals surface area (Å²) in [6.07, 6.45) is 29.3. The Labute approximate surface area is 140 Å². The van der Waals surface area contributed by atoms with Crippen molar-refractivity contribution in [3.8, 4) is 0 Å². The topological polar surface area (TPSA) is 0 Å². The molecule has 6 aliphatic carbocycles. The molecule has 1 radical (unpaired) electrons. The first kappa shape index (κ1) is 16.8.